The Morgan fingerprint density at radius 2 is 2.00 bits per heavy atom. The third-order valence-corrected chi connectivity index (χ3v) is 1.89. The van der Waals surface area contributed by atoms with Crippen molar-refractivity contribution < 1.29 is 4.39 Å². The van der Waals surface area contributed by atoms with Crippen LogP contribution in [0.4, 0.5) is 4.39 Å². The van der Waals surface area contributed by atoms with Gasteiger partial charge in [-0.1, -0.05) is 30.7 Å². The molecular formula is C10H13F. The maximum atomic E-state index is 12.4. The predicted molar refractivity (Wildman–Crippen MR) is 45.4 cm³/mol. The first-order valence-electron chi connectivity index (χ1n) is 3.92. The second-order valence-corrected chi connectivity index (χ2v) is 2.76. The van der Waals surface area contributed by atoms with Gasteiger partial charge in [0.25, 0.3) is 0 Å². The highest BCUT2D eigenvalue weighted by atomic mass is 19.1. The molecule has 0 aliphatic heterocycles. The van der Waals surface area contributed by atoms with Crippen molar-refractivity contribution in [3.05, 3.63) is 34.9 Å². The molecule has 0 spiro atoms. The van der Waals surface area contributed by atoms with Gasteiger partial charge in [0.1, 0.15) is 6.67 Å². The molecule has 0 unspecified atom stereocenters. The maximum Gasteiger partial charge on any atom is 0.115 e. The van der Waals surface area contributed by atoms with Crippen LogP contribution in [0.15, 0.2) is 18.2 Å². The SMILES string of the molecule is CCc1ccc(C)cc1CF. The quantitative estimate of drug-likeness (QED) is 0.611. The molecule has 1 rings (SSSR count). The molecule has 0 radical (unpaired) electrons. The normalized spacial score (nSPS) is 10.1. The first-order chi connectivity index (χ1) is 5.27. The lowest BCUT2D eigenvalue weighted by molar-refractivity contribution is 0.482. The van der Waals surface area contributed by atoms with Gasteiger partial charge in [-0.15, -0.1) is 0 Å². The third-order valence-electron chi connectivity index (χ3n) is 1.89. The summed E-state index contributed by atoms with van der Waals surface area (Å²) >= 11 is 0. The van der Waals surface area contributed by atoms with Crippen LogP contribution in [0.2, 0.25) is 0 Å². The summed E-state index contributed by atoms with van der Waals surface area (Å²) in [4.78, 5) is 0. The molecule has 0 fully saturated rings. The monoisotopic (exact) mass is 152 g/mol. The van der Waals surface area contributed by atoms with Crippen LogP contribution in [0.1, 0.15) is 23.6 Å². The molecule has 0 nitrogen and oxygen atoms in total. The number of halogens is 1. The van der Waals surface area contributed by atoms with E-state index < -0.39 is 0 Å². The van der Waals surface area contributed by atoms with Gasteiger partial charge < -0.3 is 0 Å². The minimum atomic E-state index is -0.342. The second-order valence-electron chi connectivity index (χ2n) is 2.76. The van der Waals surface area contributed by atoms with Crippen molar-refractivity contribution in [3.63, 3.8) is 0 Å². The van der Waals surface area contributed by atoms with E-state index in [4.69, 9.17) is 0 Å². The molecule has 0 aliphatic rings. The Kier molecular flexibility index (Phi) is 2.64. The largest absolute Gasteiger partial charge is 0.246 e. The van der Waals surface area contributed by atoms with Gasteiger partial charge in [-0.3, -0.25) is 0 Å². The molecule has 0 aliphatic carbocycles. The van der Waals surface area contributed by atoms with Crippen LogP contribution in [0.3, 0.4) is 0 Å². The molecule has 0 saturated carbocycles. The van der Waals surface area contributed by atoms with E-state index in [1.165, 1.54) is 0 Å². The summed E-state index contributed by atoms with van der Waals surface area (Å²) in [5.41, 5.74) is 3.10. The molecule has 0 amide bonds. The molecule has 60 valence electrons. The van der Waals surface area contributed by atoms with Crippen molar-refractivity contribution >= 4 is 0 Å². The zero-order valence-corrected chi connectivity index (χ0v) is 7.02. The van der Waals surface area contributed by atoms with Crippen molar-refractivity contribution in [2.45, 2.75) is 26.9 Å². The van der Waals surface area contributed by atoms with E-state index in [9.17, 15) is 4.39 Å². The van der Waals surface area contributed by atoms with Gasteiger partial charge in [-0.25, -0.2) is 4.39 Å². The van der Waals surface area contributed by atoms with Gasteiger partial charge in [-0.2, -0.15) is 0 Å². The Hall–Kier alpha value is -0.850. The average Bonchev–Trinajstić information content (AvgIpc) is 2.04. The lowest BCUT2D eigenvalue weighted by Gasteiger charge is -2.03. The molecule has 1 heteroatoms. The van der Waals surface area contributed by atoms with E-state index in [1.54, 1.807) is 0 Å². The fourth-order valence-electron chi connectivity index (χ4n) is 1.22. The Bertz CT molecular complexity index is 241. The van der Waals surface area contributed by atoms with Gasteiger partial charge in [0.05, 0.1) is 0 Å². The lowest BCUT2D eigenvalue weighted by Crippen LogP contribution is -1.90. The Morgan fingerprint density at radius 3 is 2.55 bits per heavy atom. The summed E-state index contributed by atoms with van der Waals surface area (Å²) in [5.74, 6) is 0. The highest BCUT2D eigenvalue weighted by molar-refractivity contribution is 5.30. The van der Waals surface area contributed by atoms with Gasteiger partial charge in [0.15, 0.2) is 0 Å². The third kappa shape index (κ3) is 1.79. The fourth-order valence-corrected chi connectivity index (χ4v) is 1.22. The fraction of sp³-hybridized carbons (Fsp3) is 0.400. The summed E-state index contributed by atoms with van der Waals surface area (Å²) in [6.45, 7) is 3.69. The number of aryl methyl sites for hydroxylation is 2. The van der Waals surface area contributed by atoms with E-state index >= 15 is 0 Å². The summed E-state index contributed by atoms with van der Waals surface area (Å²) in [6.07, 6.45) is 0.916. The van der Waals surface area contributed by atoms with E-state index in [0.29, 0.717) is 0 Å². The van der Waals surface area contributed by atoms with Gasteiger partial charge >= 0.3 is 0 Å². The summed E-state index contributed by atoms with van der Waals surface area (Å²) in [5, 5.41) is 0. The molecule has 1 aromatic rings. The number of benzene rings is 1. The number of hydrogen-bond acceptors (Lipinski definition) is 0. The average molecular weight is 152 g/mol. The summed E-state index contributed by atoms with van der Waals surface area (Å²) in [7, 11) is 0. The van der Waals surface area contributed by atoms with Gasteiger partial charge in [-0.05, 0) is 24.5 Å². The van der Waals surface area contributed by atoms with Gasteiger partial charge in [0.2, 0.25) is 0 Å². The van der Waals surface area contributed by atoms with Crippen LogP contribution in [0.5, 0.6) is 0 Å². The van der Waals surface area contributed by atoms with E-state index in [0.717, 1.165) is 23.1 Å². The van der Waals surface area contributed by atoms with Crippen molar-refractivity contribution in [2.24, 2.45) is 0 Å². The zero-order valence-electron chi connectivity index (χ0n) is 7.02. The highest BCUT2D eigenvalue weighted by Crippen LogP contribution is 2.13. The molecule has 0 saturated heterocycles. The molecule has 1 aromatic carbocycles. The summed E-state index contributed by atoms with van der Waals surface area (Å²) in [6, 6.07) is 5.95. The van der Waals surface area contributed by atoms with E-state index in [1.807, 2.05) is 32.0 Å². The summed E-state index contributed by atoms with van der Waals surface area (Å²) < 4.78 is 12.4. The topological polar surface area (TPSA) is 0 Å². The van der Waals surface area contributed by atoms with Crippen LogP contribution in [-0.2, 0) is 13.1 Å². The number of alkyl halides is 1. The molecule has 0 N–H and O–H groups in total. The van der Waals surface area contributed by atoms with Gasteiger partial charge in [0, 0.05) is 0 Å². The molecule has 11 heavy (non-hydrogen) atoms. The number of rotatable bonds is 2. The lowest BCUT2D eigenvalue weighted by atomic mass is 10.0. The predicted octanol–water partition coefficient (Wildman–Crippen LogP) is 3.03. The van der Waals surface area contributed by atoms with Crippen LogP contribution >= 0.6 is 0 Å². The standard InChI is InChI=1S/C10H13F/c1-3-9-5-4-8(2)6-10(9)7-11/h4-6H,3,7H2,1-2H3. The Balaban J connectivity index is 3.06. The molecular weight excluding hydrogens is 139 g/mol. The minimum Gasteiger partial charge on any atom is -0.246 e. The van der Waals surface area contributed by atoms with Crippen molar-refractivity contribution in [1.82, 2.24) is 0 Å². The minimum absolute atomic E-state index is 0.342. The van der Waals surface area contributed by atoms with E-state index in [2.05, 4.69) is 0 Å². The maximum absolute atomic E-state index is 12.4. The van der Waals surface area contributed by atoms with Crippen molar-refractivity contribution in [2.75, 3.05) is 0 Å². The van der Waals surface area contributed by atoms with Crippen molar-refractivity contribution in [1.29, 1.82) is 0 Å². The number of hydrogen-bond donors (Lipinski definition) is 0. The molecule has 0 aromatic heterocycles. The highest BCUT2D eigenvalue weighted by Gasteiger charge is 1.98. The smallest absolute Gasteiger partial charge is 0.115 e. The Morgan fingerprint density at radius 1 is 1.27 bits per heavy atom. The first kappa shape index (κ1) is 8.25. The Labute approximate surface area is 67.1 Å². The van der Waals surface area contributed by atoms with Crippen LogP contribution in [0, 0.1) is 6.92 Å². The second kappa shape index (κ2) is 3.51. The van der Waals surface area contributed by atoms with Crippen LogP contribution < -0.4 is 0 Å². The zero-order chi connectivity index (χ0) is 8.27. The molecule has 0 heterocycles. The van der Waals surface area contributed by atoms with E-state index in [-0.39, 0.29) is 6.67 Å². The van der Waals surface area contributed by atoms with Crippen LogP contribution in [0.25, 0.3) is 0 Å². The molecule has 0 atom stereocenters. The van der Waals surface area contributed by atoms with Crippen LogP contribution in [-0.4, -0.2) is 0 Å². The first-order valence-corrected chi connectivity index (χ1v) is 3.92. The molecule has 0 bridgehead atoms. The van der Waals surface area contributed by atoms with Crippen molar-refractivity contribution in [3.8, 4) is 0 Å².